The molecule has 0 aliphatic heterocycles. The number of carboxylic acid groups (broad SMARTS) is 1. The predicted octanol–water partition coefficient (Wildman–Crippen LogP) is 3.63. The highest BCUT2D eigenvalue weighted by molar-refractivity contribution is 6.21. The maximum atomic E-state index is 11.5. The third-order valence-electron chi connectivity index (χ3n) is 3.09. The highest BCUT2D eigenvalue weighted by Gasteiger charge is 2.12. The Bertz CT molecular complexity index is 640. The monoisotopic (exact) mass is 268 g/mol. The zero-order valence-corrected chi connectivity index (χ0v) is 11.5. The molecule has 102 valence electrons. The largest absolute Gasteiger partial charge is 0.497 e. The summed E-state index contributed by atoms with van der Waals surface area (Å²) in [6.45, 7) is 1.90. The molecule has 0 unspecified atom stereocenters. The molecule has 2 aromatic carbocycles. The summed E-state index contributed by atoms with van der Waals surface area (Å²) in [5.74, 6) is -0.190. The van der Waals surface area contributed by atoms with E-state index in [0.717, 1.165) is 22.4 Å². The van der Waals surface area contributed by atoms with Crippen LogP contribution in [0.25, 0.3) is 11.6 Å². The molecule has 3 nitrogen and oxygen atoms in total. The SMILES string of the molecule is COc1ccc(/C=C(/C(=O)O)c2ccccc2C)cc1. The second kappa shape index (κ2) is 6.06. The Morgan fingerprint density at radius 2 is 1.75 bits per heavy atom. The molecule has 0 saturated carbocycles. The van der Waals surface area contributed by atoms with E-state index < -0.39 is 5.97 Å². The van der Waals surface area contributed by atoms with E-state index in [9.17, 15) is 9.90 Å². The van der Waals surface area contributed by atoms with Crippen molar-refractivity contribution in [2.24, 2.45) is 0 Å². The Hall–Kier alpha value is -2.55. The number of benzene rings is 2. The Morgan fingerprint density at radius 1 is 1.10 bits per heavy atom. The lowest BCUT2D eigenvalue weighted by Crippen LogP contribution is -2.01. The lowest BCUT2D eigenvalue weighted by molar-refractivity contribution is -0.130. The molecular formula is C17H16O3. The van der Waals surface area contributed by atoms with Gasteiger partial charge in [0, 0.05) is 0 Å². The van der Waals surface area contributed by atoms with Gasteiger partial charge in [0.05, 0.1) is 12.7 Å². The van der Waals surface area contributed by atoms with Crippen LogP contribution >= 0.6 is 0 Å². The number of aliphatic carboxylic acids is 1. The van der Waals surface area contributed by atoms with Crippen LogP contribution in [0.4, 0.5) is 0 Å². The zero-order valence-electron chi connectivity index (χ0n) is 11.5. The van der Waals surface area contributed by atoms with Gasteiger partial charge >= 0.3 is 5.97 Å². The first-order valence-corrected chi connectivity index (χ1v) is 6.27. The van der Waals surface area contributed by atoms with Crippen molar-refractivity contribution in [1.82, 2.24) is 0 Å². The van der Waals surface area contributed by atoms with Crippen LogP contribution in [0.1, 0.15) is 16.7 Å². The second-order valence-corrected chi connectivity index (χ2v) is 4.45. The molecule has 0 heterocycles. The van der Waals surface area contributed by atoms with Crippen LogP contribution in [0, 0.1) is 6.92 Å². The topological polar surface area (TPSA) is 46.5 Å². The van der Waals surface area contributed by atoms with Crippen LogP contribution in [0.2, 0.25) is 0 Å². The Kier molecular flexibility index (Phi) is 4.20. The number of carbonyl (C=O) groups is 1. The fraction of sp³-hybridized carbons (Fsp3) is 0.118. The van der Waals surface area contributed by atoms with Crippen LogP contribution < -0.4 is 4.74 Å². The molecule has 1 N–H and O–H groups in total. The van der Waals surface area contributed by atoms with Crippen molar-refractivity contribution >= 4 is 17.6 Å². The molecule has 0 radical (unpaired) electrons. The molecule has 3 heteroatoms. The summed E-state index contributed by atoms with van der Waals surface area (Å²) in [4.78, 5) is 11.5. The third kappa shape index (κ3) is 3.06. The van der Waals surface area contributed by atoms with Gasteiger partial charge in [-0.3, -0.25) is 0 Å². The number of rotatable bonds is 4. The minimum absolute atomic E-state index is 0.285. The average Bonchev–Trinajstić information content (AvgIpc) is 2.46. The van der Waals surface area contributed by atoms with Crippen LogP contribution in [0.3, 0.4) is 0 Å². The summed E-state index contributed by atoms with van der Waals surface area (Å²) in [5, 5.41) is 9.42. The summed E-state index contributed by atoms with van der Waals surface area (Å²) in [7, 11) is 1.60. The zero-order chi connectivity index (χ0) is 14.5. The average molecular weight is 268 g/mol. The van der Waals surface area contributed by atoms with E-state index in [1.807, 2.05) is 55.5 Å². The van der Waals surface area contributed by atoms with E-state index in [-0.39, 0.29) is 5.57 Å². The van der Waals surface area contributed by atoms with E-state index in [4.69, 9.17) is 4.74 Å². The van der Waals surface area contributed by atoms with E-state index in [1.54, 1.807) is 13.2 Å². The van der Waals surface area contributed by atoms with Crippen molar-refractivity contribution in [3.8, 4) is 5.75 Å². The smallest absolute Gasteiger partial charge is 0.336 e. The Balaban J connectivity index is 2.45. The van der Waals surface area contributed by atoms with Crippen molar-refractivity contribution < 1.29 is 14.6 Å². The van der Waals surface area contributed by atoms with Gasteiger partial charge in [0.25, 0.3) is 0 Å². The molecule has 0 fully saturated rings. The van der Waals surface area contributed by atoms with Gasteiger partial charge in [0.2, 0.25) is 0 Å². The summed E-state index contributed by atoms with van der Waals surface area (Å²) in [6.07, 6.45) is 1.67. The number of methoxy groups -OCH3 is 1. The van der Waals surface area contributed by atoms with Crippen molar-refractivity contribution in [1.29, 1.82) is 0 Å². The third-order valence-corrected chi connectivity index (χ3v) is 3.09. The number of carboxylic acids is 1. The van der Waals surface area contributed by atoms with Crippen LogP contribution in [-0.2, 0) is 4.79 Å². The first kappa shape index (κ1) is 13.9. The molecule has 0 bridgehead atoms. The Labute approximate surface area is 118 Å². The fourth-order valence-corrected chi connectivity index (χ4v) is 2.00. The van der Waals surface area contributed by atoms with Crippen molar-refractivity contribution in [2.75, 3.05) is 7.11 Å². The minimum atomic E-state index is -0.935. The summed E-state index contributed by atoms with van der Waals surface area (Å²) >= 11 is 0. The van der Waals surface area contributed by atoms with E-state index in [2.05, 4.69) is 0 Å². The van der Waals surface area contributed by atoms with Gasteiger partial charge in [-0.1, -0.05) is 36.4 Å². The van der Waals surface area contributed by atoms with E-state index >= 15 is 0 Å². The van der Waals surface area contributed by atoms with E-state index in [0.29, 0.717) is 0 Å². The van der Waals surface area contributed by atoms with Gasteiger partial charge in [-0.2, -0.15) is 0 Å². The molecule has 0 aliphatic carbocycles. The number of hydrogen-bond donors (Lipinski definition) is 1. The maximum absolute atomic E-state index is 11.5. The molecular weight excluding hydrogens is 252 g/mol. The van der Waals surface area contributed by atoms with Gasteiger partial charge in [-0.05, 0) is 41.8 Å². The normalized spacial score (nSPS) is 11.2. The molecule has 0 aliphatic rings. The number of ether oxygens (including phenoxy) is 1. The summed E-state index contributed by atoms with van der Waals surface area (Å²) in [6, 6.07) is 14.7. The van der Waals surface area contributed by atoms with Crippen LogP contribution in [-0.4, -0.2) is 18.2 Å². The first-order valence-electron chi connectivity index (χ1n) is 6.27. The van der Waals surface area contributed by atoms with Gasteiger partial charge < -0.3 is 9.84 Å². The Morgan fingerprint density at radius 3 is 2.30 bits per heavy atom. The van der Waals surface area contributed by atoms with Crippen molar-refractivity contribution in [3.05, 3.63) is 65.2 Å². The number of aryl methyl sites for hydroxylation is 1. The van der Waals surface area contributed by atoms with Crippen LogP contribution in [0.15, 0.2) is 48.5 Å². The lowest BCUT2D eigenvalue weighted by atomic mass is 9.98. The molecule has 0 amide bonds. The molecule has 20 heavy (non-hydrogen) atoms. The van der Waals surface area contributed by atoms with Gasteiger partial charge in [0.15, 0.2) is 0 Å². The molecule has 2 rings (SSSR count). The highest BCUT2D eigenvalue weighted by atomic mass is 16.5. The molecule has 2 aromatic rings. The van der Waals surface area contributed by atoms with E-state index in [1.165, 1.54) is 0 Å². The quantitative estimate of drug-likeness (QED) is 0.680. The van der Waals surface area contributed by atoms with Gasteiger partial charge in [-0.25, -0.2) is 4.79 Å². The first-order chi connectivity index (χ1) is 9.61. The fourth-order valence-electron chi connectivity index (χ4n) is 2.00. The second-order valence-electron chi connectivity index (χ2n) is 4.45. The van der Waals surface area contributed by atoms with Crippen molar-refractivity contribution in [2.45, 2.75) is 6.92 Å². The summed E-state index contributed by atoms with van der Waals surface area (Å²) in [5.41, 5.74) is 2.78. The van der Waals surface area contributed by atoms with Crippen molar-refractivity contribution in [3.63, 3.8) is 0 Å². The molecule has 0 atom stereocenters. The molecule has 0 aromatic heterocycles. The molecule has 0 saturated heterocycles. The highest BCUT2D eigenvalue weighted by Crippen LogP contribution is 2.22. The standard InChI is InChI=1S/C17H16O3/c1-12-5-3-4-6-15(12)16(17(18)19)11-13-7-9-14(20-2)10-8-13/h3-11H,1-2H3,(H,18,19)/b16-11+. The number of hydrogen-bond acceptors (Lipinski definition) is 2. The van der Waals surface area contributed by atoms with Gasteiger partial charge in [-0.15, -0.1) is 0 Å². The van der Waals surface area contributed by atoms with Crippen LogP contribution in [0.5, 0.6) is 5.75 Å². The molecule has 0 spiro atoms. The maximum Gasteiger partial charge on any atom is 0.336 e. The summed E-state index contributed by atoms with van der Waals surface area (Å²) < 4.78 is 5.09. The lowest BCUT2D eigenvalue weighted by Gasteiger charge is -2.07. The van der Waals surface area contributed by atoms with Gasteiger partial charge in [0.1, 0.15) is 5.75 Å². The minimum Gasteiger partial charge on any atom is -0.497 e. The predicted molar refractivity (Wildman–Crippen MR) is 79.7 cm³/mol.